The monoisotopic (exact) mass is 133 g/mol. The molecule has 0 saturated carbocycles. The standard InChI is InChI=1S/C4H7NO4/c1-9-5-3(6)2-4(7)8/h2H2,1H3,(H,5,6)(H,7,8). The second-order valence-corrected chi connectivity index (χ2v) is 1.30. The molecule has 0 aromatic heterocycles. The lowest BCUT2D eigenvalue weighted by atomic mass is 10.4. The predicted octanol–water partition coefficient (Wildman–Crippen LogP) is -0.861. The normalized spacial score (nSPS) is 8.56. The van der Waals surface area contributed by atoms with Gasteiger partial charge in [-0.1, -0.05) is 0 Å². The van der Waals surface area contributed by atoms with Crippen LogP contribution >= 0.6 is 0 Å². The summed E-state index contributed by atoms with van der Waals surface area (Å²) < 4.78 is 0. The van der Waals surface area contributed by atoms with Crippen molar-refractivity contribution in [2.24, 2.45) is 0 Å². The molecule has 0 spiro atoms. The van der Waals surface area contributed by atoms with Crippen LogP contribution in [-0.2, 0) is 14.4 Å². The number of nitrogens with one attached hydrogen (secondary N) is 1. The zero-order valence-electron chi connectivity index (χ0n) is 4.88. The van der Waals surface area contributed by atoms with E-state index in [9.17, 15) is 9.59 Å². The zero-order chi connectivity index (χ0) is 7.28. The number of amides is 1. The van der Waals surface area contributed by atoms with Crippen LogP contribution in [0.1, 0.15) is 6.42 Å². The Bertz CT molecular complexity index is 122. The van der Waals surface area contributed by atoms with Crippen LogP contribution in [0.3, 0.4) is 0 Å². The molecule has 0 aromatic rings. The van der Waals surface area contributed by atoms with Crippen molar-refractivity contribution in [1.82, 2.24) is 5.48 Å². The molecule has 0 unspecified atom stereocenters. The molecule has 0 bridgehead atoms. The van der Waals surface area contributed by atoms with Gasteiger partial charge in [-0.15, -0.1) is 0 Å². The minimum atomic E-state index is -1.18. The van der Waals surface area contributed by atoms with Crippen LogP contribution in [-0.4, -0.2) is 24.1 Å². The third-order valence-electron chi connectivity index (χ3n) is 0.528. The highest BCUT2D eigenvalue weighted by Crippen LogP contribution is 1.76. The molecule has 0 rings (SSSR count). The van der Waals surface area contributed by atoms with Crippen molar-refractivity contribution in [2.75, 3.05) is 7.11 Å². The zero-order valence-corrected chi connectivity index (χ0v) is 4.88. The molecule has 2 N–H and O–H groups in total. The summed E-state index contributed by atoms with van der Waals surface area (Å²) in [6.07, 6.45) is -0.562. The molecule has 0 radical (unpaired) electrons. The fraction of sp³-hybridized carbons (Fsp3) is 0.500. The molecule has 0 heterocycles. The number of aliphatic carboxylic acids is 1. The van der Waals surface area contributed by atoms with Crippen LogP contribution in [0.25, 0.3) is 0 Å². The summed E-state index contributed by atoms with van der Waals surface area (Å²) in [7, 11) is 1.24. The van der Waals surface area contributed by atoms with E-state index in [2.05, 4.69) is 4.84 Å². The molecular formula is C4H7NO4. The Labute approximate surface area is 51.6 Å². The van der Waals surface area contributed by atoms with E-state index in [-0.39, 0.29) is 0 Å². The second kappa shape index (κ2) is 3.85. The molecule has 0 aliphatic carbocycles. The van der Waals surface area contributed by atoms with Gasteiger partial charge >= 0.3 is 5.97 Å². The summed E-state index contributed by atoms with van der Waals surface area (Å²) in [5.41, 5.74) is 1.86. The number of carboxylic acids is 1. The Kier molecular flexibility index (Phi) is 3.38. The molecule has 1 amide bonds. The largest absolute Gasteiger partial charge is 0.481 e. The Morgan fingerprint density at radius 3 is 2.56 bits per heavy atom. The highest BCUT2D eigenvalue weighted by molar-refractivity contribution is 5.92. The van der Waals surface area contributed by atoms with Gasteiger partial charge in [0.2, 0.25) is 0 Å². The van der Waals surface area contributed by atoms with Crippen molar-refractivity contribution in [3.63, 3.8) is 0 Å². The topological polar surface area (TPSA) is 75.6 Å². The average molecular weight is 133 g/mol. The predicted molar refractivity (Wildman–Crippen MR) is 27.4 cm³/mol. The molecule has 0 aliphatic heterocycles. The van der Waals surface area contributed by atoms with Crippen molar-refractivity contribution < 1.29 is 19.5 Å². The highest BCUT2D eigenvalue weighted by atomic mass is 16.6. The number of hydroxylamine groups is 1. The molecule has 52 valence electrons. The van der Waals surface area contributed by atoms with Crippen molar-refractivity contribution in [3.05, 3.63) is 0 Å². The number of rotatable bonds is 3. The molecule has 0 aliphatic rings. The first-order chi connectivity index (χ1) is 4.16. The van der Waals surface area contributed by atoms with Crippen molar-refractivity contribution in [3.8, 4) is 0 Å². The van der Waals surface area contributed by atoms with E-state index in [1.54, 1.807) is 0 Å². The molecule has 5 nitrogen and oxygen atoms in total. The fourth-order valence-corrected chi connectivity index (χ4v) is 0.287. The summed E-state index contributed by atoms with van der Waals surface area (Å²) in [4.78, 5) is 24.1. The summed E-state index contributed by atoms with van der Waals surface area (Å²) in [5.74, 6) is -1.84. The van der Waals surface area contributed by atoms with Gasteiger partial charge in [-0.2, -0.15) is 0 Å². The van der Waals surface area contributed by atoms with Crippen molar-refractivity contribution in [2.45, 2.75) is 6.42 Å². The first-order valence-corrected chi connectivity index (χ1v) is 2.20. The van der Waals surface area contributed by atoms with Gasteiger partial charge in [0.25, 0.3) is 5.91 Å². The summed E-state index contributed by atoms with van der Waals surface area (Å²) in [6.45, 7) is 0. The minimum Gasteiger partial charge on any atom is -0.481 e. The number of carboxylic acid groups (broad SMARTS) is 1. The van der Waals surface area contributed by atoms with Gasteiger partial charge in [0, 0.05) is 0 Å². The van der Waals surface area contributed by atoms with Crippen LogP contribution in [0.4, 0.5) is 0 Å². The number of hydrogen-bond donors (Lipinski definition) is 2. The third-order valence-corrected chi connectivity index (χ3v) is 0.528. The molecule has 0 atom stereocenters. The Balaban J connectivity index is 3.39. The maximum absolute atomic E-state index is 10.2. The van der Waals surface area contributed by atoms with Crippen LogP contribution in [0.15, 0.2) is 0 Å². The second-order valence-electron chi connectivity index (χ2n) is 1.30. The van der Waals surface area contributed by atoms with Gasteiger partial charge in [0.05, 0.1) is 7.11 Å². The van der Waals surface area contributed by atoms with Gasteiger partial charge in [0.1, 0.15) is 6.42 Å². The first kappa shape index (κ1) is 7.90. The number of carbonyl (C=O) groups excluding carboxylic acids is 1. The average Bonchev–Trinajstić information content (AvgIpc) is 1.63. The van der Waals surface area contributed by atoms with E-state index in [4.69, 9.17) is 5.11 Å². The third kappa shape index (κ3) is 4.76. The molecule has 0 aromatic carbocycles. The quantitative estimate of drug-likeness (QED) is 0.388. The number of carbonyl (C=O) groups is 2. The summed E-state index contributed by atoms with van der Waals surface area (Å²) in [5, 5.41) is 7.99. The Morgan fingerprint density at radius 2 is 2.22 bits per heavy atom. The van der Waals surface area contributed by atoms with Gasteiger partial charge in [-0.3, -0.25) is 14.4 Å². The van der Waals surface area contributed by atoms with Crippen molar-refractivity contribution in [1.29, 1.82) is 0 Å². The fourth-order valence-electron chi connectivity index (χ4n) is 0.287. The molecule has 0 fully saturated rings. The maximum Gasteiger partial charge on any atom is 0.312 e. The van der Waals surface area contributed by atoms with E-state index >= 15 is 0 Å². The van der Waals surface area contributed by atoms with Gasteiger partial charge < -0.3 is 5.11 Å². The SMILES string of the molecule is CONC(=O)CC(=O)O. The highest BCUT2D eigenvalue weighted by Gasteiger charge is 2.04. The van der Waals surface area contributed by atoms with E-state index in [1.165, 1.54) is 7.11 Å². The van der Waals surface area contributed by atoms with E-state index in [0.29, 0.717) is 0 Å². The lowest BCUT2D eigenvalue weighted by Gasteiger charge is -1.95. The van der Waals surface area contributed by atoms with Crippen LogP contribution in [0.5, 0.6) is 0 Å². The van der Waals surface area contributed by atoms with E-state index in [0.717, 1.165) is 0 Å². The maximum atomic E-state index is 10.2. The lowest BCUT2D eigenvalue weighted by molar-refractivity contribution is -0.144. The molecule has 9 heavy (non-hydrogen) atoms. The van der Waals surface area contributed by atoms with Crippen LogP contribution in [0, 0.1) is 0 Å². The first-order valence-electron chi connectivity index (χ1n) is 2.20. The van der Waals surface area contributed by atoms with E-state index in [1.807, 2.05) is 5.48 Å². The van der Waals surface area contributed by atoms with Gasteiger partial charge in [-0.05, 0) is 0 Å². The smallest absolute Gasteiger partial charge is 0.312 e. The summed E-state index contributed by atoms with van der Waals surface area (Å²) >= 11 is 0. The molecule has 0 saturated heterocycles. The molecular weight excluding hydrogens is 126 g/mol. The Hall–Kier alpha value is -1.10. The molecule has 5 heteroatoms. The van der Waals surface area contributed by atoms with Gasteiger partial charge in [0.15, 0.2) is 0 Å². The Morgan fingerprint density at radius 1 is 1.67 bits per heavy atom. The van der Waals surface area contributed by atoms with Crippen molar-refractivity contribution >= 4 is 11.9 Å². The van der Waals surface area contributed by atoms with Crippen LogP contribution < -0.4 is 5.48 Å². The summed E-state index contributed by atoms with van der Waals surface area (Å²) in [6, 6.07) is 0. The van der Waals surface area contributed by atoms with Gasteiger partial charge in [-0.25, -0.2) is 5.48 Å². The number of hydrogen-bond acceptors (Lipinski definition) is 3. The lowest BCUT2D eigenvalue weighted by Crippen LogP contribution is -2.24. The van der Waals surface area contributed by atoms with Crippen LogP contribution in [0.2, 0.25) is 0 Å². The minimum absolute atomic E-state index is 0.562. The van der Waals surface area contributed by atoms with E-state index < -0.39 is 18.3 Å².